The van der Waals surface area contributed by atoms with Gasteiger partial charge >= 0.3 is 0 Å². The molecule has 8 N–H and O–H groups in total. The van der Waals surface area contributed by atoms with Gasteiger partial charge in [-0.1, -0.05) is 12.8 Å². The second-order valence-corrected chi connectivity index (χ2v) is 9.81. The molecule has 2 heterocycles. The lowest BCUT2D eigenvalue weighted by atomic mass is 9.75. The van der Waals surface area contributed by atoms with Crippen molar-refractivity contribution in [2.75, 3.05) is 0 Å². The fourth-order valence-corrected chi connectivity index (χ4v) is 6.70. The second-order valence-electron chi connectivity index (χ2n) is 9.81. The first-order valence-corrected chi connectivity index (χ1v) is 11.2. The molecule has 0 aromatic rings. The fourth-order valence-electron chi connectivity index (χ4n) is 6.70. The van der Waals surface area contributed by atoms with Gasteiger partial charge in [0.25, 0.3) is 0 Å². The predicted molar refractivity (Wildman–Crippen MR) is 104 cm³/mol. The minimum absolute atomic E-state index is 0.386. The van der Waals surface area contributed by atoms with Crippen LogP contribution in [0.25, 0.3) is 0 Å². The van der Waals surface area contributed by atoms with E-state index in [2.05, 4.69) is 21.3 Å². The molecule has 3 saturated carbocycles. The van der Waals surface area contributed by atoms with E-state index in [4.69, 9.17) is 11.5 Å². The minimum Gasteiger partial charge on any atom is -0.328 e. The van der Waals surface area contributed by atoms with Crippen LogP contribution in [0.5, 0.6) is 0 Å². The summed E-state index contributed by atoms with van der Waals surface area (Å²) in [7, 11) is 0. The van der Waals surface area contributed by atoms with Crippen molar-refractivity contribution in [3.05, 3.63) is 0 Å². The van der Waals surface area contributed by atoms with Gasteiger partial charge in [-0.15, -0.1) is 0 Å². The molecule has 5 fully saturated rings. The Bertz CT molecular complexity index is 457. The van der Waals surface area contributed by atoms with Crippen LogP contribution in [0.1, 0.15) is 64.2 Å². The van der Waals surface area contributed by atoms with Gasteiger partial charge in [-0.2, -0.15) is 0 Å². The van der Waals surface area contributed by atoms with Crippen molar-refractivity contribution in [3.8, 4) is 0 Å². The maximum absolute atomic E-state index is 6.22. The summed E-state index contributed by atoms with van der Waals surface area (Å²) < 4.78 is 0. The van der Waals surface area contributed by atoms with E-state index in [1.165, 1.54) is 51.4 Å². The molecule has 10 atom stereocenters. The van der Waals surface area contributed by atoms with Crippen LogP contribution in [0.2, 0.25) is 0 Å². The average molecular weight is 363 g/mol. The summed E-state index contributed by atoms with van der Waals surface area (Å²) in [6.07, 6.45) is 13.4. The smallest absolute Gasteiger partial charge is 0.0609 e. The quantitative estimate of drug-likeness (QED) is 0.423. The SMILES string of the molecule is NC1CCC2NC(C3CCCCC3C3NC4CCC(N)CC4N3)NC2C1. The summed E-state index contributed by atoms with van der Waals surface area (Å²) in [5.74, 6) is 1.42. The summed E-state index contributed by atoms with van der Waals surface area (Å²) in [6, 6.07) is 3.20. The van der Waals surface area contributed by atoms with Crippen LogP contribution in [0, 0.1) is 11.8 Å². The third-order valence-electron chi connectivity index (χ3n) is 8.09. The molecule has 3 aliphatic carbocycles. The van der Waals surface area contributed by atoms with Crippen LogP contribution < -0.4 is 32.7 Å². The maximum atomic E-state index is 6.22. The largest absolute Gasteiger partial charge is 0.328 e. The van der Waals surface area contributed by atoms with Gasteiger partial charge in [0.05, 0.1) is 12.3 Å². The predicted octanol–water partition coefficient (Wildman–Crippen LogP) is 0.327. The summed E-state index contributed by atoms with van der Waals surface area (Å²) in [6.45, 7) is 0. The highest BCUT2D eigenvalue weighted by Crippen LogP contribution is 2.38. The van der Waals surface area contributed by atoms with E-state index in [1.54, 1.807) is 0 Å². The summed E-state index contributed by atoms with van der Waals surface area (Å²) in [4.78, 5) is 0. The Morgan fingerprint density at radius 2 is 0.923 bits per heavy atom. The van der Waals surface area contributed by atoms with Gasteiger partial charge in [0.2, 0.25) is 0 Å². The molecule has 0 aromatic heterocycles. The molecule has 2 aliphatic heterocycles. The molecule has 26 heavy (non-hydrogen) atoms. The molecule has 6 heteroatoms. The molecule has 6 nitrogen and oxygen atoms in total. The Morgan fingerprint density at radius 1 is 0.500 bits per heavy atom. The Hall–Kier alpha value is -0.240. The first-order chi connectivity index (χ1) is 12.7. The van der Waals surface area contributed by atoms with E-state index >= 15 is 0 Å². The Morgan fingerprint density at radius 3 is 1.38 bits per heavy atom. The molecule has 10 unspecified atom stereocenters. The van der Waals surface area contributed by atoms with E-state index in [9.17, 15) is 0 Å². The highest BCUT2D eigenvalue weighted by atomic mass is 15.3. The zero-order valence-corrected chi connectivity index (χ0v) is 16.0. The number of rotatable bonds is 2. The van der Waals surface area contributed by atoms with Gasteiger partial charge in [-0.25, -0.2) is 0 Å². The average Bonchev–Trinajstić information content (AvgIpc) is 3.24. The van der Waals surface area contributed by atoms with E-state index in [-0.39, 0.29) is 0 Å². The molecule has 0 radical (unpaired) electrons. The first kappa shape index (κ1) is 17.8. The van der Waals surface area contributed by atoms with Crippen LogP contribution in [0.15, 0.2) is 0 Å². The number of nitrogens with two attached hydrogens (primary N) is 2. The van der Waals surface area contributed by atoms with E-state index in [1.807, 2.05) is 0 Å². The molecular weight excluding hydrogens is 324 g/mol. The molecule has 0 aromatic carbocycles. The van der Waals surface area contributed by atoms with Crippen molar-refractivity contribution in [2.24, 2.45) is 23.3 Å². The third-order valence-corrected chi connectivity index (χ3v) is 8.09. The lowest BCUT2D eigenvalue weighted by Gasteiger charge is -2.39. The van der Waals surface area contributed by atoms with Crippen LogP contribution >= 0.6 is 0 Å². The van der Waals surface area contributed by atoms with Crippen molar-refractivity contribution in [1.82, 2.24) is 21.3 Å². The van der Waals surface area contributed by atoms with Gasteiger partial charge in [0, 0.05) is 36.3 Å². The van der Waals surface area contributed by atoms with Gasteiger partial charge in [-0.05, 0) is 63.2 Å². The third kappa shape index (κ3) is 3.33. The standard InChI is InChI=1S/C20H38N6/c21-11-5-7-15-17(9-11)25-19(23-15)13-3-1-2-4-14(13)20-24-16-8-6-12(22)10-18(16)26-20/h11-20,23-26H,1-10,21-22H2. The molecule has 148 valence electrons. The first-order valence-electron chi connectivity index (χ1n) is 11.2. The molecular formula is C20H38N6. The van der Waals surface area contributed by atoms with Crippen molar-refractivity contribution in [3.63, 3.8) is 0 Å². The number of fused-ring (bicyclic) bond motifs is 2. The zero-order chi connectivity index (χ0) is 17.7. The summed E-state index contributed by atoms with van der Waals surface area (Å²) >= 11 is 0. The monoisotopic (exact) mass is 362 g/mol. The summed E-state index contributed by atoms with van der Waals surface area (Å²) in [5.41, 5.74) is 12.4. The molecule has 0 amide bonds. The number of hydrogen-bond acceptors (Lipinski definition) is 6. The Kier molecular flexibility index (Phi) is 5.01. The number of nitrogens with one attached hydrogen (secondary N) is 4. The van der Waals surface area contributed by atoms with Crippen molar-refractivity contribution in [2.45, 2.75) is 113 Å². The molecule has 0 bridgehead atoms. The van der Waals surface area contributed by atoms with E-state index in [0.717, 1.165) is 12.8 Å². The highest BCUT2D eigenvalue weighted by molar-refractivity contribution is 5.05. The van der Waals surface area contributed by atoms with Gasteiger partial charge < -0.3 is 11.5 Å². The Labute approximate surface area is 158 Å². The summed E-state index contributed by atoms with van der Waals surface area (Å²) in [5, 5.41) is 15.8. The van der Waals surface area contributed by atoms with Crippen LogP contribution in [0.3, 0.4) is 0 Å². The van der Waals surface area contributed by atoms with Gasteiger partial charge in [0.1, 0.15) is 0 Å². The highest BCUT2D eigenvalue weighted by Gasteiger charge is 2.47. The molecule has 5 aliphatic rings. The van der Waals surface area contributed by atoms with E-state index < -0.39 is 0 Å². The van der Waals surface area contributed by atoms with Crippen LogP contribution in [-0.2, 0) is 0 Å². The molecule has 0 spiro atoms. The lowest BCUT2D eigenvalue weighted by Crippen LogP contribution is -2.52. The van der Waals surface area contributed by atoms with E-state index in [0.29, 0.717) is 60.4 Å². The molecule has 2 saturated heterocycles. The molecule has 5 rings (SSSR count). The fraction of sp³-hybridized carbons (Fsp3) is 1.00. The lowest BCUT2D eigenvalue weighted by molar-refractivity contribution is 0.131. The number of hydrogen-bond donors (Lipinski definition) is 6. The maximum Gasteiger partial charge on any atom is 0.0609 e. The van der Waals surface area contributed by atoms with Gasteiger partial charge in [0.15, 0.2) is 0 Å². The van der Waals surface area contributed by atoms with Gasteiger partial charge in [-0.3, -0.25) is 21.3 Å². The van der Waals surface area contributed by atoms with Crippen molar-refractivity contribution < 1.29 is 0 Å². The van der Waals surface area contributed by atoms with Crippen LogP contribution in [-0.4, -0.2) is 48.6 Å². The van der Waals surface area contributed by atoms with Crippen LogP contribution in [0.4, 0.5) is 0 Å². The normalized spacial score (nSPS) is 54.7. The Balaban J connectivity index is 1.26. The zero-order valence-electron chi connectivity index (χ0n) is 16.0. The second kappa shape index (κ2) is 7.30. The minimum atomic E-state index is 0.386. The van der Waals surface area contributed by atoms with Crippen molar-refractivity contribution >= 4 is 0 Å². The topological polar surface area (TPSA) is 100 Å². The van der Waals surface area contributed by atoms with Crippen molar-refractivity contribution in [1.29, 1.82) is 0 Å².